The van der Waals surface area contributed by atoms with E-state index in [4.69, 9.17) is 11.6 Å². The molecule has 0 saturated heterocycles. The van der Waals surface area contributed by atoms with Gasteiger partial charge in [0.1, 0.15) is 23.0 Å². The first-order chi connectivity index (χ1) is 9.06. The van der Waals surface area contributed by atoms with Gasteiger partial charge in [-0.05, 0) is 40.2 Å². The Balaban J connectivity index is 2.13. The number of anilines is 2. The highest BCUT2D eigenvalue weighted by atomic mass is 79.9. The molecule has 0 aliphatic heterocycles. The predicted molar refractivity (Wildman–Crippen MR) is 71.1 cm³/mol. The van der Waals surface area contributed by atoms with E-state index in [0.717, 1.165) is 0 Å². The van der Waals surface area contributed by atoms with Crippen molar-refractivity contribution in [2.75, 3.05) is 5.32 Å². The van der Waals surface area contributed by atoms with E-state index in [1.807, 2.05) is 0 Å². The molecule has 0 bridgehead atoms. The molecule has 4 nitrogen and oxygen atoms in total. The molecule has 0 amide bonds. The number of hydrogen-bond donors (Lipinski definition) is 1. The number of halogens is 4. The Morgan fingerprint density at radius 1 is 1.21 bits per heavy atom. The maximum Gasteiger partial charge on any atom is 0.387 e. The number of hydrogen-bond acceptors (Lipinski definition) is 4. The Bertz CT molecular complexity index is 568. The van der Waals surface area contributed by atoms with Gasteiger partial charge in [0.2, 0.25) is 0 Å². The summed E-state index contributed by atoms with van der Waals surface area (Å²) in [5.74, 6) is 0.558. The quantitative estimate of drug-likeness (QED) is 0.838. The molecular weight excluding hydrogens is 343 g/mol. The summed E-state index contributed by atoms with van der Waals surface area (Å²) in [5, 5.41) is 3.24. The van der Waals surface area contributed by atoms with Gasteiger partial charge in [0.25, 0.3) is 0 Å². The second-order valence-electron chi connectivity index (χ2n) is 3.35. The second-order valence-corrected chi connectivity index (χ2v) is 4.51. The number of nitrogens with one attached hydrogen (secondary N) is 1. The average Bonchev–Trinajstić information content (AvgIpc) is 2.37. The van der Waals surface area contributed by atoms with E-state index in [0.29, 0.717) is 16.0 Å². The maximum atomic E-state index is 12.0. The monoisotopic (exact) mass is 349 g/mol. The molecule has 1 heterocycles. The molecule has 0 aliphatic rings. The van der Waals surface area contributed by atoms with E-state index in [-0.39, 0.29) is 10.9 Å². The van der Waals surface area contributed by atoms with Crippen LogP contribution in [0.3, 0.4) is 0 Å². The third-order valence-electron chi connectivity index (χ3n) is 2.09. The molecular formula is C11H7BrClF2N3O. The maximum absolute atomic E-state index is 12.0. The predicted octanol–water partition coefficient (Wildman–Crippen LogP) is 4.24. The number of nitrogens with zero attached hydrogens (tertiary/aromatic N) is 2. The Morgan fingerprint density at radius 3 is 2.53 bits per heavy atom. The molecule has 19 heavy (non-hydrogen) atoms. The molecule has 0 saturated carbocycles. The van der Waals surface area contributed by atoms with Crippen LogP contribution in [0.5, 0.6) is 5.75 Å². The van der Waals surface area contributed by atoms with Crippen LogP contribution in [0.2, 0.25) is 5.15 Å². The van der Waals surface area contributed by atoms with Crippen LogP contribution in [0.15, 0.2) is 35.1 Å². The molecule has 0 unspecified atom stereocenters. The number of aromatic nitrogens is 2. The van der Waals surface area contributed by atoms with Crippen LogP contribution >= 0.6 is 27.5 Å². The molecule has 2 rings (SSSR count). The number of benzene rings is 1. The van der Waals surface area contributed by atoms with E-state index in [1.54, 1.807) is 12.1 Å². The second kappa shape index (κ2) is 6.12. The lowest BCUT2D eigenvalue weighted by atomic mass is 10.3. The largest absolute Gasteiger partial charge is 0.435 e. The zero-order valence-corrected chi connectivity index (χ0v) is 11.6. The standard InChI is InChI=1S/C11H7BrClF2N3O/c12-8-9(13)16-5-17-10(8)18-6-1-3-7(4-2-6)19-11(14)15/h1-5,11H,(H,16,17,18). The summed E-state index contributed by atoms with van der Waals surface area (Å²) in [4.78, 5) is 7.79. The van der Waals surface area contributed by atoms with Gasteiger partial charge in [0, 0.05) is 5.69 Å². The lowest BCUT2D eigenvalue weighted by Crippen LogP contribution is -2.02. The van der Waals surface area contributed by atoms with Gasteiger partial charge in [-0.3, -0.25) is 0 Å². The molecule has 1 aromatic heterocycles. The van der Waals surface area contributed by atoms with Crippen LogP contribution < -0.4 is 10.1 Å². The summed E-state index contributed by atoms with van der Waals surface area (Å²) in [6, 6.07) is 6.01. The lowest BCUT2D eigenvalue weighted by Gasteiger charge is -2.09. The van der Waals surface area contributed by atoms with Gasteiger partial charge in [0.15, 0.2) is 0 Å². The summed E-state index contributed by atoms with van der Waals surface area (Å²) in [6.07, 6.45) is 1.31. The van der Waals surface area contributed by atoms with Crippen LogP contribution in [0.25, 0.3) is 0 Å². The number of alkyl halides is 2. The number of ether oxygens (including phenoxy) is 1. The Hall–Kier alpha value is -1.47. The fraction of sp³-hybridized carbons (Fsp3) is 0.0909. The van der Waals surface area contributed by atoms with Crippen molar-refractivity contribution in [1.82, 2.24) is 9.97 Å². The van der Waals surface area contributed by atoms with Gasteiger partial charge < -0.3 is 10.1 Å². The fourth-order valence-corrected chi connectivity index (χ4v) is 1.73. The molecule has 1 aromatic carbocycles. The summed E-state index contributed by atoms with van der Waals surface area (Å²) in [7, 11) is 0. The van der Waals surface area contributed by atoms with Gasteiger partial charge >= 0.3 is 6.61 Å². The van der Waals surface area contributed by atoms with Crippen molar-refractivity contribution >= 4 is 39.0 Å². The summed E-state index contributed by atoms with van der Waals surface area (Å²) >= 11 is 9.06. The molecule has 2 aromatic rings. The minimum atomic E-state index is -2.84. The summed E-state index contributed by atoms with van der Waals surface area (Å²) < 4.78 is 28.7. The molecule has 0 spiro atoms. The lowest BCUT2D eigenvalue weighted by molar-refractivity contribution is -0.0498. The molecule has 100 valence electrons. The first-order valence-corrected chi connectivity index (χ1v) is 6.21. The zero-order chi connectivity index (χ0) is 13.8. The van der Waals surface area contributed by atoms with Gasteiger partial charge in [-0.1, -0.05) is 11.6 Å². The van der Waals surface area contributed by atoms with Gasteiger partial charge in [-0.2, -0.15) is 8.78 Å². The zero-order valence-electron chi connectivity index (χ0n) is 9.28. The Morgan fingerprint density at radius 2 is 1.89 bits per heavy atom. The molecule has 1 N–H and O–H groups in total. The van der Waals surface area contributed by atoms with Gasteiger partial charge in [-0.15, -0.1) is 0 Å². The SMILES string of the molecule is FC(F)Oc1ccc(Nc2ncnc(Cl)c2Br)cc1. The molecule has 0 aliphatic carbocycles. The van der Waals surface area contributed by atoms with Gasteiger partial charge in [0.05, 0.1) is 4.47 Å². The highest BCUT2D eigenvalue weighted by molar-refractivity contribution is 9.10. The fourth-order valence-electron chi connectivity index (χ4n) is 1.29. The van der Waals surface area contributed by atoms with Gasteiger partial charge in [-0.25, -0.2) is 9.97 Å². The van der Waals surface area contributed by atoms with Crippen molar-refractivity contribution in [2.24, 2.45) is 0 Å². The van der Waals surface area contributed by atoms with E-state index >= 15 is 0 Å². The van der Waals surface area contributed by atoms with Crippen molar-refractivity contribution in [3.63, 3.8) is 0 Å². The van der Waals surface area contributed by atoms with E-state index in [1.165, 1.54) is 18.5 Å². The highest BCUT2D eigenvalue weighted by Gasteiger charge is 2.07. The minimum absolute atomic E-state index is 0.0836. The molecule has 0 fully saturated rings. The molecule has 0 atom stereocenters. The summed E-state index contributed by atoms with van der Waals surface area (Å²) in [6.45, 7) is -2.84. The highest BCUT2D eigenvalue weighted by Crippen LogP contribution is 2.29. The minimum Gasteiger partial charge on any atom is -0.435 e. The van der Waals surface area contributed by atoms with E-state index < -0.39 is 6.61 Å². The normalized spacial score (nSPS) is 10.6. The van der Waals surface area contributed by atoms with E-state index in [9.17, 15) is 8.78 Å². The summed E-state index contributed by atoms with van der Waals surface area (Å²) in [5.41, 5.74) is 0.650. The van der Waals surface area contributed by atoms with Crippen molar-refractivity contribution < 1.29 is 13.5 Å². The van der Waals surface area contributed by atoms with Crippen LogP contribution in [0, 0.1) is 0 Å². The van der Waals surface area contributed by atoms with E-state index in [2.05, 4.69) is 36.0 Å². The first-order valence-electron chi connectivity index (χ1n) is 5.04. The van der Waals surface area contributed by atoms with Crippen molar-refractivity contribution in [1.29, 1.82) is 0 Å². The van der Waals surface area contributed by atoms with Crippen LogP contribution in [0.4, 0.5) is 20.3 Å². The topological polar surface area (TPSA) is 47.0 Å². The van der Waals surface area contributed by atoms with Crippen LogP contribution in [0.1, 0.15) is 0 Å². The van der Waals surface area contributed by atoms with Crippen molar-refractivity contribution in [3.8, 4) is 5.75 Å². The number of rotatable bonds is 4. The van der Waals surface area contributed by atoms with Crippen molar-refractivity contribution in [3.05, 3.63) is 40.2 Å². The Labute approximate surface area is 120 Å². The molecule has 0 radical (unpaired) electrons. The first kappa shape index (κ1) is 14.0. The van der Waals surface area contributed by atoms with Crippen LogP contribution in [-0.4, -0.2) is 16.6 Å². The smallest absolute Gasteiger partial charge is 0.387 e. The van der Waals surface area contributed by atoms with Crippen molar-refractivity contribution in [2.45, 2.75) is 6.61 Å². The third-order valence-corrected chi connectivity index (χ3v) is 3.36. The Kier molecular flexibility index (Phi) is 4.49. The average molecular weight is 351 g/mol. The molecule has 8 heteroatoms. The third kappa shape index (κ3) is 3.74. The van der Waals surface area contributed by atoms with Crippen LogP contribution in [-0.2, 0) is 0 Å².